The number of rotatable bonds is 6. The minimum absolute atomic E-state index is 0.795. The van der Waals surface area contributed by atoms with Crippen molar-refractivity contribution in [3.8, 4) is 0 Å². The summed E-state index contributed by atoms with van der Waals surface area (Å²) in [6, 6.07) is 6.20. The Labute approximate surface area is 128 Å². The van der Waals surface area contributed by atoms with Gasteiger partial charge in [-0.2, -0.15) is 0 Å². The number of benzene rings is 1. The van der Waals surface area contributed by atoms with E-state index in [4.69, 9.17) is 0 Å². The second kappa shape index (κ2) is 8.05. The molecule has 21 heavy (non-hydrogen) atoms. The Morgan fingerprint density at radius 1 is 1.24 bits per heavy atom. The summed E-state index contributed by atoms with van der Waals surface area (Å²) in [7, 11) is 1.81. The number of hydrogen-bond acceptors (Lipinski definition) is 2. The first-order chi connectivity index (χ1) is 9.99. The monoisotopic (exact) mass is 280 g/mol. The van der Waals surface area contributed by atoms with E-state index in [2.05, 4.69) is 42.5 Å². The third-order valence-electron chi connectivity index (χ3n) is 3.24. The molecule has 110 valence electrons. The molecule has 0 radical (unpaired) electrons. The normalized spacial score (nSPS) is 12.1. The van der Waals surface area contributed by atoms with Crippen molar-refractivity contribution in [2.24, 2.45) is 4.99 Å². The number of allylic oxidation sites excluding steroid dienone is 4. The van der Waals surface area contributed by atoms with Gasteiger partial charge in [-0.25, -0.2) is 0 Å². The maximum absolute atomic E-state index is 4.23. The second-order valence-electron chi connectivity index (χ2n) is 4.85. The summed E-state index contributed by atoms with van der Waals surface area (Å²) in [6.07, 6.45) is 7.82. The van der Waals surface area contributed by atoms with Gasteiger partial charge in [0.1, 0.15) is 0 Å². The first-order valence-electron chi connectivity index (χ1n) is 6.98. The van der Waals surface area contributed by atoms with Gasteiger partial charge in [-0.15, -0.1) is 0 Å². The van der Waals surface area contributed by atoms with Gasteiger partial charge in [0.05, 0.1) is 0 Å². The van der Waals surface area contributed by atoms with E-state index < -0.39 is 0 Å². The minimum Gasteiger partial charge on any atom is -0.356 e. The van der Waals surface area contributed by atoms with Gasteiger partial charge in [0.15, 0.2) is 0 Å². The van der Waals surface area contributed by atoms with Crippen LogP contribution in [0.3, 0.4) is 0 Å². The van der Waals surface area contributed by atoms with E-state index >= 15 is 0 Å². The lowest BCUT2D eigenvalue weighted by molar-refractivity contribution is 1.35. The molecule has 0 aliphatic heterocycles. The van der Waals surface area contributed by atoms with Crippen molar-refractivity contribution in [2.45, 2.75) is 20.8 Å². The lowest BCUT2D eigenvalue weighted by atomic mass is 10.0. The van der Waals surface area contributed by atoms with Crippen LogP contribution >= 0.6 is 0 Å². The first-order valence-corrected chi connectivity index (χ1v) is 6.98. The molecule has 0 aromatic heterocycles. The Morgan fingerprint density at radius 3 is 2.52 bits per heavy atom. The third-order valence-corrected chi connectivity index (χ3v) is 3.24. The smallest absolute Gasteiger partial charge is 0.0388 e. The standard InChI is InChI=1S/C19H24N2/c1-7-8-9-10-14(2)16(4)21-18-11-12-19(15(3)13-18)17(5)20-6/h7-13,21H,2,4H2,1,3,5-6H3/b8-7-,10-9-,20-17+. The SMILES string of the molecule is C=C(/C=C\C=C/C)C(=C)Nc1ccc(/C(C)=N/C)c(C)c1. The highest BCUT2D eigenvalue weighted by Gasteiger charge is 2.04. The minimum atomic E-state index is 0.795. The maximum Gasteiger partial charge on any atom is 0.0388 e. The van der Waals surface area contributed by atoms with Crippen molar-refractivity contribution in [1.82, 2.24) is 0 Å². The Hall–Kier alpha value is -2.35. The van der Waals surface area contributed by atoms with E-state index in [1.165, 1.54) is 11.1 Å². The molecule has 1 aromatic carbocycles. The molecule has 2 heteroatoms. The van der Waals surface area contributed by atoms with Gasteiger partial charge in [0.25, 0.3) is 0 Å². The van der Waals surface area contributed by atoms with Crippen LogP contribution in [0.5, 0.6) is 0 Å². The van der Waals surface area contributed by atoms with E-state index in [0.29, 0.717) is 0 Å². The summed E-state index contributed by atoms with van der Waals surface area (Å²) >= 11 is 0. The summed E-state index contributed by atoms with van der Waals surface area (Å²) in [6.45, 7) is 14.1. The topological polar surface area (TPSA) is 24.4 Å². The van der Waals surface area contributed by atoms with E-state index in [-0.39, 0.29) is 0 Å². The molecule has 0 spiro atoms. The highest BCUT2D eigenvalue weighted by atomic mass is 14.9. The van der Waals surface area contributed by atoms with Crippen molar-refractivity contribution in [3.63, 3.8) is 0 Å². The average Bonchev–Trinajstić information content (AvgIpc) is 2.46. The van der Waals surface area contributed by atoms with Gasteiger partial charge in [0.2, 0.25) is 0 Å². The molecule has 0 atom stereocenters. The van der Waals surface area contributed by atoms with Crippen LogP contribution in [0.2, 0.25) is 0 Å². The van der Waals surface area contributed by atoms with Gasteiger partial charge < -0.3 is 5.32 Å². The maximum atomic E-state index is 4.23. The van der Waals surface area contributed by atoms with Crippen molar-refractivity contribution in [3.05, 3.63) is 78.1 Å². The first kappa shape index (κ1) is 16.7. The molecule has 0 bridgehead atoms. The van der Waals surface area contributed by atoms with Crippen LogP contribution in [-0.2, 0) is 0 Å². The second-order valence-corrected chi connectivity index (χ2v) is 4.85. The summed E-state index contributed by atoms with van der Waals surface area (Å²) in [5.41, 5.74) is 6.05. The number of anilines is 1. The quantitative estimate of drug-likeness (QED) is 0.572. The van der Waals surface area contributed by atoms with Gasteiger partial charge in [-0.3, -0.25) is 4.99 Å². The Bertz CT molecular complexity index is 616. The van der Waals surface area contributed by atoms with E-state index in [0.717, 1.165) is 22.7 Å². The van der Waals surface area contributed by atoms with Crippen molar-refractivity contribution in [1.29, 1.82) is 0 Å². The highest BCUT2D eigenvalue weighted by molar-refractivity contribution is 6.00. The summed E-state index contributed by atoms with van der Waals surface area (Å²) < 4.78 is 0. The van der Waals surface area contributed by atoms with Crippen molar-refractivity contribution >= 4 is 11.4 Å². The Balaban J connectivity index is 2.82. The van der Waals surface area contributed by atoms with E-state index in [9.17, 15) is 0 Å². The van der Waals surface area contributed by atoms with Crippen LogP contribution in [0.15, 0.2) is 71.9 Å². The van der Waals surface area contributed by atoms with Crippen LogP contribution in [0.25, 0.3) is 0 Å². The molecule has 0 aliphatic rings. The predicted octanol–water partition coefficient (Wildman–Crippen LogP) is 5.05. The molecule has 0 unspecified atom stereocenters. The van der Waals surface area contributed by atoms with E-state index in [1.807, 2.05) is 51.3 Å². The molecule has 1 aromatic rings. The zero-order chi connectivity index (χ0) is 15.8. The van der Waals surface area contributed by atoms with Crippen LogP contribution in [0.1, 0.15) is 25.0 Å². The molecule has 2 nitrogen and oxygen atoms in total. The van der Waals surface area contributed by atoms with Crippen LogP contribution in [0.4, 0.5) is 5.69 Å². The summed E-state index contributed by atoms with van der Waals surface area (Å²) in [5, 5.41) is 3.28. The molecule has 0 saturated carbocycles. The fraction of sp³-hybridized carbons (Fsp3) is 0.211. The van der Waals surface area contributed by atoms with Crippen molar-refractivity contribution < 1.29 is 0 Å². The molecule has 0 amide bonds. The van der Waals surface area contributed by atoms with Gasteiger partial charge in [0, 0.05) is 24.1 Å². The molecular weight excluding hydrogens is 256 g/mol. The molecular formula is C19H24N2. The van der Waals surface area contributed by atoms with Gasteiger partial charge in [-0.05, 0) is 49.6 Å². The predicted molar refractivity (Wildman–Crippen MR) is 95.2 cm³/mol. The number of hydrogen-bond donors (Lipinski definition) is 1. The summed E-state index contributed by atoms with van der Waals surface area (Å²) in [5.74, 6) is 0. The molecule has 1 N–H and O–H groups in total. The lowest BCUT2D eigenvalue weighted by Gasteiger charge is -2.12. The van der Waals surface area contributed by atoms with E-state index in [1.54, 1.807) is 0 Å². The zero-order valence-corrected chi connectivity index (χ0v) is 13.4. The van der Waals surface area contributed by atoms with Crippen LogP contribution < -0.4 is 5.32 Å². The Morgan fingerprint density at radius 2 is 1.95 bits per heavy atom. The van der Waals surface area contributed by atoms with Crippen molar-refractivity contribution in [2.75, 3.05) is 12.4 Å². The molecule has 1 rings (SSSR count). The number of aliphatic imine (C=N–C) groups is 1. The largest absolute Gasteiger partial charge is 0.356 e. The zero-order valence-electron chi connectivity index (χ0n) is 13.4. The number of aryl methyl sites for hydroxylation is 1. The van der Waals surface area contributed by atoms with Gasteiger partial charge in [-0.1, -0.05) is 43.5 Å². The Kier molecular flexibility index (Phi) is 6.41. The fourth-order valence-corrected chi connectivity index (χ4v) is 1.91. The molecule has 0 fully saturated rings. The lowest BCUT2D eigenvalue weighted by Crippen LogP contribution is -2.02. The number of nitrogens with one attached hydrogen (secondary N) is 1. The highest BCUT2D eigenvalue weighted by Crippen LogP contribution is 2.19. The van der Waals surface area contributed by atoms with Crippen LogP contribution in [-0.4, -0.2) is 12.8 Å². The van der Waals surface area contributed by atoms with Crippen LogP contribution in [0, 0.1) is 6.92 Å². The molecule has 0 saturated heterocycles. The third kappa shape index (κ3) is 4.92. The van der Waals surface area contributed by atoms with Gasteiger partial charge >= 0.3 is 0 Å². The number of nitrogens with zero attached hydrogens (tertiary/aromatic N) is 1. The molecule has 0 aliphatic carbocycles. The average molecular weight is 280 g/mol. The fourth-order valence-electron chi connectivity index (χ4n) is 1.91. The summed E-state index contributed by atoms with van der Waals surface area (Å²) in [4.78, 5) is 4.23. The molecule has 0 heterocycles.